The van der Waals surface area contributed by atoms with Crippen molar-refractivity contribution in [3.05, 3.63) is 48.2 Å². The van der Waals surface area contributed by atoms with Gasteiger partial charge in [-0.2, -0.15) is 18.2 Å². The number of hydrogen-bond donors (Lipinski definition) is 3. The van der Waals surface area contributed by atoms with Crippen molar-refractivity contribution in [2.24, 2.45) is 5.92 Å². The fraction of sp³-hybridized carbons (Fsp3) is 0.481. The minimum atomic E-state index is -4.70. The van der Waals surface area contributed by atoms with E-state index in [9.17, 15) is 22.8 Å². The van der Waals surface area contributed by atoms with Crippen molar-refractivity contribution in [1.82, 2.24) is 14.9 Å². The summed E-state index contributed by atoms with van der Waals surface area (Å²) in [5.74, 6) is -0.391. The highest BCUT2D eigenvalue weighted by atomic mass is 19.4. The first kappa shape index (κ1) is 27.4. The Balaban J connectivity index is 1.61. The molecule has 1 saturated carbocycles. The van der Waals surface area contributed by atoms with Crippen LogP contribution >= 0.6 is 0 Å². The van der Waals surface area contributed by atoms with Crippen LogP contribution in [0.3, 0.4) is 0 Å². The van der Waals surface area contributed by atoms with Gasteiger partial charge in [-0.05, 0) is 49.0 Å². The summed E-state index contributed by atoms with van der Waals surface area (Å²) in [6, 6.07) is 5.11. The van der Waals surface area contributed by atoms with Crippen LogP contribution in [0, 0.1) is 5.92 Å². The number of benzene rings is 1. The Morgan fingerprint density at radius 3 is 2.61 bits per heavy atom. The SMILES string of the molecule is C=CC(=O)Nc1cc(CC2CCCC2)ccc1Nc1nc(N[C@H]2CCCN(C(C)=O)C2)ncc1C(F)(F)F. The standard InChI is InChI=1S/C27H33F3N6O2/c1-3-24(38)33-23-14-19(13-18-7-4-5-8-18)10-11-22(23)34-25-21(27(28,29)30)15-31-26(35-25)32-20-9-6-12-36(16-20)17(2)37/h3,10-11,14-15,18,20H,1,4-9,12-13,16H2,2H3,(H,33,38)(H2,31,32,34,35)/t20-/m0/s1. The summed E-state index contributed by atoms with van der Waals surface area (Å²) in [5, 5.41) is 8.55. The summed E-state index contributed by atoms with van der Waals surface area (Å²) in [6.07, 6.45) is 4.16. The Morgan fingerprint density at radius 1 is 1.16 bits per heavy atom. The van der Waals surface area contributed by atoms with Crippen LogP contribution in [0.4, 0.5) is 36.3 Å². The highest BCUT2D eigenvalue weighted by Crippen LogP contribution is 2.37. The molecule has 2 heterocycles. The minimum Gasteiger partial charge on any atom is -0.350 e. The summed E-state index contributed by atoms with van der Waals surface area (Å²) >= 11 is 0. The molecular weight excluding hydrogens is 497 g/mol. The Morgan fingerprint density at radius 2 is 1.92 bits per heavy atom. The van der Waals surface area contributed by atoms with Gasteiger partial charge in [0.2, 0.25) is 17.8 Å². The van der Waals surface area contributed by atoms with Gasteiger partial charge < -0.3 is 20.9 Å². The summed E-state index contributed by atoms with van der Waals surface area (Å²) in [7, 11) is 0. The number of anilines is 4. The second-order valence-corrected chi connectivity index (χ2v) is 9.96. The Hall–Kier alpha value is -3.63. The van der Waals surface area contributed by atoms with Crippen molar-refractivity contribution in [2.75, 3.05) is 29.0 Å². The van der Waals surface area contributed by atoms with Crippen molar-refractivity contribution in [3.8, 4) is 0 Å². The number of nitrogens with one attached hydrogen (secondary N) is 3. The molecule has 1 aliphatic carbocycles. The monoisotopic (exact) mass is 530 g/mol. The first-order chi connectivity index (χ1) is 18.1. The molecule has 11 heteroatoms. The van der Waals surface area contributed by atoms with E-state index in [1.165, 1.54) is 19.8 Å². The molecule has 0 bridgehead atoms. The fourth-order valence-corrected chi connectivity index (χ4v) is 5.11. The first-order valence-corrected chi connectivity index (χ1v) is 12.9. The van der Waals surface area contributed by atoms with E-state index in [2.05, 4.69) is 32.5 Å². The fourth-order valence-electron chi connectivity index (χ4n) is 5.11. The molecule has 1 atom stereocenters. The van der Waals surface area contributed by atoms with Crippen LogP contribution in [-0.4, -0.2) is 45.8 Å². The predicted octanol–water partition coefficient (Wildman–Crippen LogP) is 5.52. The lowest BCUT2D eigenvalue weighted by molar-refractivity contribution is -0.137. The molecule has 8 nitrogen and oxygen atoms in total. The molecule has 38 heavy (non-hydrogen) atoms. The third-order valence-electron chi connectivity index (χ3n) is 7.07. The molecular formula is C27H33F3N6O2. The van der Waals surface area contributed by atoms with E-state index in [0.717, 1.165) is 49.9 Å². The van der Waals surface area contributed by atoms with Gasteiger partial charge in [0, 0.05) is 32.3 Å². The molecule has 2 aliphatic rings. The van der Waals surface area contributed by atoms with Crippen LogP contribution in [0.5, 0.6) is 0 Å². The molecule has 1 aliphatic heterocycles. The minimum absolute atomic E-state index is 0.0189. The van der Waals surface area contributed by atoms with Crippen LogP contribution in [0.15, 0.2) is 37.1 Å². The molecule has 204 valence electrons. The van der Waals surface area contributed by atoms with Crippen LogP contribution in [-0.2, 0) is 22.2 Å². The number of rotatable bonds is 8. The first-order valence-electron chi connectivity index (χ1n) is 12.9. The molecule has 2 aromatic rings. The molecule has 1 aromatic carbocycles. The van der Waals surface area contributed by atoms with E-state index in [-0.39, 0.29) is 23.6 Å². The summed E-state index contributed by atoms with van der Waals surface area (Å²) in [4.78, 5) is 33.6. The summed E-state index contributed by atoms with van der Waals surface area (Å²) in [5.41, 5.74) is 0.574. The Bertz CT molecular complexity index is 1180. The predicted molar refractivity (Wildman–Crippen MR) is 140 cm³/mol. The lowest BCUT2D eigenvalue weighted by Crippen LogP contribution is -2.44. The van der Waals surface area contributed by atoms with E-state index in [1.807, 2.05) is 6.07 Å². The van der Waals surface area contributed by atoms with Crippen molar-refractivity contribution in [3.63, 3.8) is 0 Å². The molecule has 1 aromatic heterocycles. The van der Waals surface area contributed by atoms with E-state index >= 15 is 0 Å². The number of carbonyl (C=O) groups is 2. The molecule has 4 rings (SSSR count). The van der Waals surface area contributed by atoms with Crippen LogP contribution in [0.2, 0.25) is 0 Å². The number of amides is 2. The third-order valence-corrected chi connectivity index (χ3v) is 7.07. The number of piperidine rings is 1. The zero-order valence-corrected chi connectivity index (χ0v) is 21.4. The average Bonchev–Trinajstić information content (AvgIpc) is 3.38. The summed E-state index contributed by atoms with van der Waals surface area (Å²) in [6.45, 7) is 6.02. The maximum atomic E-state index is 13.9. The van der Waals surface area contributed by atoms with Gasteiger partial charge in [-0.15, -0.1) is 0 Å². The highest BCUT2D eigenvalue weighted by Gasteiger charge is 2.36. The molecule has 3 N–H and O–H groups in total. The number of likely N-dealkylation sites (tertiary alicyclic amines) is 1. The van der Waals surface area contributed by atoms with Crippen LogP contribution < -0.4 is 16.0 Å². The van der Waals surface area contributed by atoms with Crippen LogP contribution in [0.1, 0.15) is 56.6 Å². The number of halogens is 3. The molecule has 0 radical (unpaired) electrons. The van der Waals surface area contributed by atoms with Gasteiger partial charge in [-0.3, -0.25) is 9.59 Å². The second kappa shape index (κ2) is 11.8. The van der Waals surface area contributed by atoms with Crippen molar-refractivity contribution in [2.45, 2.75) is 64.1 Å². The number of alkyl halides is 3. The number of hydrogen-bond acceptors (Lipinski definition) is 6. The number of carbonyl (C=O) groups excluding carboxylic acids is 2. The molecule has 1 saturated heterocycles. The van der Waals surface area contributed by atoms with E-state index in [0.29, 0.717) is 24.7 Å². The number of nitrogens with zero attached hydrogens (tertiary/aromatic N) is 3. The summed E-state index contributed by atoms with van der Waals surface area (Å²) < 4.78 is 41.6. The van der Waals surface area contributed by atoms with E-state index < -0.39 is 23.5 Å². The Kier molecular flexibility index (Phi) is 8.53. The van der Waals surface area contributed by atoms with Crippen molar-refractivity contribution >= 4 is 35.0 Å². The lowest BCUT2D eigenvalue weighted by atomic mass is 9.97. The zero-order valence-electron chi connectivity index (χ0n) is 21.4. The number of aromatic nitrogens is 2. The van der Waals surface area contributed by atoms with Crippen molar-refractivity contribution < 1.29 is 22.8 Å². The maximum absolute atomic E-state index is 13.9. The molecule has 0 spiro atoms. The lowest BCUT2D eigenvalue weighted by Gasteiger charge is -2.32. The largest absolute Gasteiger partial charge is 0.421 e. The average molecular weight is 531 g/mol. The van der Waals surface area contributed by atoms with E-state index in [1.54, 1.807) is 17.0 Å². The van der Waals surface area contributed by atoms with Crippen LogP contribution in [0.25, 0.3) is 0 Å². The quantitative estimate of drug-likeness (QED) is 0.389. The molecule has 0 unspecified atom stereocenters. The molecule has 2 fully saturated rings. The van der Waals surface area contributed by atoms with Gasteiger partial charge in [-0.25, -0.2) is 4.98 Å². The maximum Gasteiger partial charge on any atom is 0.421 e. The van der Waals surface area contributed by atoms with Gasteiger partial charge in [0.1, 0.15) is 11.4 Å². The topological polar surface area (TPSA) is 99.2 Å². The Labute approximate surface area is 220 Å². The van der Waals surface area contributed by atoms with Gasteiger partial charge in [0.05, 0.1) is 11.4 Å². The van der Waals surface area contributed by atoms with Gasteiger partial charge in [0.15, 0.2) is 0 Å². The van der Waals surface area contributed by atoms with Gasteiger partial charge >= 0.3 is 6.18 Å². The second-order valence-electron chi connectivity index (χ2n) is 9.96. The zero-order chi connectivity index (χ0) is 27.3. The van der Waals surface area contributed by atoms with Gasteiger partial charge in [0.25, 0.3) is 0 Å². The van der Waals surface area contributed by atoms with Crippen molar-refractivity contribution in [1.29, 1.82) is 0 Å². The van der Waals surface area contributed by atoms with E-state index in [4.69, 9.17) is 0 Å². The normalized spacial score (nSPS) is 18.2. The van der Waals surface area contributed by atoms with Gasteiger partial charge in [-0.1, -0.05) is 38.3 Å². The third kappa shape index (κ3) is 7.02. The highest BCUT2D eigenvalue weighted by molar-refractivity contribution is 6.01. The smallest absolute Gasteiger partial charge is 0.350 e. The molecule has 2 amide bonds.